The van der Waals surface area contributed by atoms with Crippen LogP contribution in [0.25, 0.3) is 0 Å². The lowest BCUT2D eigenvalue weighted by Crippen LogP contribution is -2.30. The number of hydrogen-bond donors (Lipinski definition) is 3. The van der Waals surface area contributed by atoms with Crippen LogP contribution in [-0.2, 0) is 21.4 Å². The first-order valence-corrected chi connectivity index (χ1v) is 9.93. The van der Waals surface area contributed by atoms with Crippen LogP contribution in [0.2, 0.25) is 0 Å². The quantitative estimate of drug-likeness (QED) is 0.675. The van der Waals surface area contributed by atoms with Gasteiger partial charge in [0.05, 0.1) is 4.90 Å². The molecule has 0 radical (unpaired) electrons. The van der Waals surface area contributed by atoms with E-state index in [1.165, 1.54) is 19.1 Å². The highest BCUT2D eigenvalue weighted by Gasteiger charge is 2.15. The normalized spacial score (nSPS) is 11.3. The summed E-state index contributed by atoms with van der Waals surface area (Å²) in [5, 5.41) is 5.37. The van der Waals surface area contributed by atoms with Crippen LogP contribution in [0, 0.1) is 0 Å². The summed E-state index contributed by atoms with van der Waals surface area (Å²) in [5.41, 5.74) is 1.59. The minimum atomic E-state index is -3.59. The Balaban J connectivity index is 2.08. The van der Waals surface area contributed by atoms with E-state index in [1.54, 1.807) is 50.2 Å². The molecule has 2 aromatic rings. The van der Waals surface area contributed by atoms with Crippen LogP contribution < -0.4 is 15.4 Å². The molecule has 0 heterocycles. The summed E-state index contributed by atoms with van der Waals surface area (Å²) < 4.78 is 27.0. The van der Waals surface area contributed by atoms with Crippen LogP contribution in [0.4, 0.5) is 5.69 Å². The van der Waals surface area contributed by atoms with Crippen molar-refractivity contribution in [2.24, 2.45) is 0 Å². The van der Waals surface area contributed by atoms with E-state index in [0.29, 0.717) is 16.8 Å². The van der Waals surface area contributed by atoms with Crippen molar-refractivity contribution in [3.8, 4) is 0 Å². The fourth-order valence-electron chi connectivity index (χ4n) is 2.43. The van der Waals surface area contributed by atoms with Crippen molar-refractivity contribution >= 4 is 27.5 Å². The number of carbonyl (C=O) groups is 2. The number of rotatable bonds is 7. The Morgan fingerprint density at radius 3 is 2.41 bits per heavy atom. The minimum Gasteiger partial charge on any atom is -0.348 e. The Morgan fingerprint density at radius 2 is 1.74 bits per heavy atom. The Kier molecular flexibility index (Phi) is 6.70. The predicted octanol–water partition coefficient (Wildman–Crippen LogP) is 2.26. The van der Waals surface area contributed by atoms with Gasteiger partial charge in [-0.25, -0.2) is 13.1 Å². The molecule has 0 atom stereocenters. The third-order valence-electron chi connectivity index (χ3n) is 3.50. The molecule has 0 bridgehead atoms. The monoisotopic (exact) mass is 389 g/mol. The molecule has 2 aromatic carbocycles. The number of sulfonamides is 1. The standard InChI is InChI=1S/C19H23N3O4S/c1-13(2)22-27(25,26)18-9-4-6-15(10-18)12-20-19(24)16-7-5-8-17(11-16)21-14(3)23/h4-11,13,22H,12H2,1-3H3,(H,20,24)(H,21,23). The first kappa shape index (κ1) is 20.6. The summed E-state index contributed by atoms with van der Waals surface area (Å²) in [6, 6.07) is 12.8. The van der Waals surface area contributed by atoms with Gasteiger partial charge in [0.2, 0.25) is 15.9 Å². The van der Waals surface area contributed by atoms with Crippen molar-refractivity contribution in [2.45, 2.75) is 38.3 Å². The van der Waals surface area contributed by atoms with Gasteiger partial charge in [-0.15, -0.1) is 0 Å². The first-order chi connectivity index (χ1) is 12.7. The second-order valence-corrected chi connectivity index (χ2v) is 8.08. The number of amides is 2. The summed E-state index contributed by atoms with van der Waals surface area (Å²) >= 11 is 0. The number of hydrogen-bond acceptors (Lipinski definition) is 4. The Labute approximate surface area is 159 Å². The molecule has 0 aromatic heterocycles. The van der Waals surface area contributed by atoms with Crippen molar-refractivity contribution < 1.29 is 18.0 Å². The number of benzene rings is 2. The van der Waals surface area contributed by atoms with Gasteiger partial charge < -0.3 is 10.6 Å². The summed E-state index contributed by atoms with van der Waals surface area (Å²) in [6.45, 7) is 5.06. The van der Waals surface area contributed by atoms with Crippen molar-refractivity contribution in [3.05, 3.63) is 59.7 Å². The largest absolute Gasteiger partial charge is 0.348 e. The molecule has 0 aliphatic rings. The summed E-state index contributed by atoms with van der Waals surface area (Å²) in [7, 11) is -3.59. The fraction of sp³-hybridized carbons (Fsp3) is 0.263. The maximum Gasteiger partial charge on any atom is 0.251 e. The zero-order chi connectivity index (χ0) is 20.0. The second kappa shape index (κ2) is 8.79. The van der Waals surface area contributed by atoms with Crippen LogP contribution in [0.3, 0.4) is 0 Å². The van der Waals surface area contributed by atoms with Gasteiger partial charge in [-0.1, -0.05) is 18.2 Å². The molecule has 0 saturated carbocycles. The van der Waals surface area contributed by atoms with Crippen molar-refractivity contribution in [1.82, 2.24) is 10.0 Å². The molecule has 0 unspecified atom stereocenters. The summed E-state index contributed by atoms with van der Waals surface area (Å²) in [4.78, 5) is 23.6. The predicted molar refractivity (Wildman–Crippen MR) is 104 cm³/mol. The molecule has 7 nitrogen and oxygen atoms in total. The highest BCUT2D eigenvalue weighted by atomic mass is 32.2. The molecular formula is C19H23N3O4S. The molecule has 0 aliphatic carbocycles. The van der Waals surface area contributed by atoms with E-state index in [0.717, 1.165) is 0 Å². The maximum atomic E-state index is 12.3. The highest BCUT2D eigenvalue weighted by Crippen LogP contribution is 2.13. The smallest absolute Gasteiger partial charge is 0.251 e. The summed E-state index contributed by atoms with van der Waals surface area (Å²) in [5.74, 6) is -0.545. The van der Waals surface area contributed by atoms with Crippen molar-refractivity contribution in [1.29, 1.82) is 0 Å². The van der Waals surface area contributed by atoms with E-state index in [-0.39, 0.29) is 29.3 Å². The fourth-order valence-corrected chi connectivity index (χ4v) is 3.75. The van der Waals surface area contributed by atoms with E-state index in [9.17, 15) is 18.0 Å². The molecule has 2 amide bonds. The Hall–Kier alpha value is -2.71. The molecule has 144 valence electrons. The Morgan fingerprint density at radius 1 is 1.04 bits per heavy atom. The third-order valence-corrected chi connectivity index (χ3v) is 5.15. The molecule has 3 N–H and O–H groups in total. The first-order valence-electron chi connectivity index (χ1n) is 8.44. The van der Waals surface area contributed by atoms with Crippen molar-refractivity contribution in [2.75, 3.05) is 5.32 Å². The molecule has 0 spiro atoms. The van der Waals surface area contributed by atoms with Crippen LogP contribution in [0.5, 0.6) is 0 Å². The van der Waals surface area contributed by atoms with Crippen LogP contribution >= 0.6 is 0 Å². The van der Waals surface area contributed by atoms with Gasteiger partial charge >= 0.3 is 0 Å². The molecule has 0 aliphatic heterocycles. The molecule has 0 fully saturated rings. The van der Waals surface area contributed by atoms with Gasteiger partial charge in [-0.2, -0.15) is 0 Å². The van der Waals surface area contributed by atoms with Crippen LogP contribution in [0.1, 0.15) is 36.7 Å². The minimum absolute atomic E-state index is 0.149. The zero-order valence-electron chi connectivity index (χ0n) is 15.4. The Bertz CT molecular complexity index is 939. The van der Waals surface area contributed by atoms with Gasteiger partial charge in [-0.05, 0) is 49.7 Å². The van der Waals surface area contributed by atoms with E-state index in [1.807, 2.05) is 0 Å². The molecular weight excluding hydrogens is 366 g/mol. The second-order valence-electron chi connectivity index (χ2n) is 6.37. The van der Waals surface area contributed by atoms with Gasteiger partial charge in [0.15, 0.2) is 0 Å². The highest BCUT2D eigenvalue weighted by molar-refractivity contribution is 7.89. The van der Waals surface area contributed by atoms with E-state index >= 15 is 0 Å². The van der Waals surface area contributed by atoms with Gasteiger partial charge in [0.25, 0.3) is 5.91 Å². The lowest BCUT2D eigenvalue weighted by molar-refractivity contribution is -0.114. The molecule has 2 rings (SSSR count). The van der Waals surface area contributed by atoms with Crippen molar-refractivity contribution in [3.63, 3.8) is 0 Å². The maximum absolute atomic E-state index is 12.3. The zero-order valence-corrected chi connectivity index (χ0v) is 16.3. The average Bonchev–Trinajstić information content (AvgIpc) is 2.58. The van der Waals surface area contributed by atoms with E-state index in [2.05, 4.69) is 15.4 Å². The SMILES string of the molecule is CC(=O)Nc1cccc(C(=O)NCc2cccc(S(=O)(=O)NC(C)C)c2)c1. The lowest BCUT2D eigenvalue weighted by Gasteiger charge is -2.11. The van der Waals surface area contributed by atoms with Crippen LogP contribution in [0.15, 0.2) is 53.4 Å². The van der Waals surface area contributed by atoms with Gasteiger partial charge in [0, 0.05) is 30.8 Å². The number of nitrogens with one attached hydrogen (secondary N) is 3. The third kappa shape index (κ3) is 6.19. The van der Waals surface area contributed by atoms with Gasteiger partial charge in [0.1, 0.15) is 0 Å². The summed E-state index contributed by atoms with van der Waals surface area (Å²) in [6.07, 6.45) is 0. The van der Waals surface area contributed by atoms with Gasteiger partial charge in [-0.3, -0.25) is 9.59 Å². The molecule has 0 saturated heterocycles. The lowest BCUT2D eigenvalue weighted by atomic mass is 10.1. The topological polar surface area (TPSA) is 104 Å². The molecule has 8 heteroatoms. The molecule has 27 heavy (non-hydrogen) atoms. The number of anilines is 1. The average molecular weight is 389 g/mol. The van der Waals surface area contributed by atoms with Crippen LogP contribution in [-0.4, -0.2) is 26.3 Å². The number of carbonyl (C=O) groups excluding carboxylic acids is 2. The van der Waals surface area contributed by atoms with E-state index < -0.39 is 10.0 Å². The van der Waals surface area contributed by atoms with E-state index in [4.69, 9.17) is 0 Å².